The molecule has 12 heteroatoms. The Morgan fingerprint density at radius 2 is 1.69 bits per heavy atom. The molecule has 4 atom stereocenters. The second-order valence-corrected chi connectivity index (χ2v) is 9.31. The lowest BCUT2D eigenvalue weighted by molar-refractivity contribution is -0.148. The number of aliphatic hydroxyl groups is 3. The molecule has 35 heavy (non-hydrogen) atoms. The minimum Gasteiger partial charge on any atom is -0.510 e. The van der Waals surface area contributed by atoms with Gasteiger partial charge in [0.25, 0.3) is 5.91 Å². The van der Waals surface area contributed by atoms with Gasteiger partial charge in [0.05, 0.1) is 11.6 Å². The van der Waals surface area contributed by atoms with Crippen LogP contribution in [0.15, 0.2) is 34.8 Å². The Hall–Kier alpha value is -3.45. The first-order chi connectivity index (χ1) is 15.3. The Balaban J connectivity index is 0.00000216. The van der Waals surface area contributed by atoms with E-state index in [1.165, 1.54) is 11.0 Å². The lowest BCUT2D eigenvalue weighted by atomic mass is 9.58. The second kappa shape index (κ2) is 8.96. The first kappa shape index (κ1) is 27.8. The van der Waals surface area contributed by atoms with Gasteiger partial charge in [-0.1, -0.05) is 0 Å². The van der Waals surface area contributed by atoms with E-state index in [1.54, 1.807) is 39.2 Å². The summed E-state index contributed by atoms with van der Waals surface area (Å²) in [7, 11) is 6.79. The molecule has 0 spiro atoms. The number of phenols is 1. The molecule has 0 aromatic heterocycles. The average Bonchev–Trinajstić information content (AvgIpc) is 2.70. The third-order valence-corrected chi connectivity index (χ3v) is 7.06. The number of likely N-dealkylation sites (N-methyl/N-ethyl adjacent to an activating group) is 1. The van der Waals surface area contributed by atoms with Crippen LogP contribution in [-0.4, -0.2) is 93.6 Å². The summed E-state index contributed by atoms with van der Waals surface area (Å²) in [6.45, 7) is 0. The zero-order chi connectivity index (χ0) is 24.6. The van der Waals surface area contributed by atoms with E-state index in [4.69, 9.17) is 5.73 Å². The number of primary amides is 1. The van der Waals surface area contributed by atoms with E-state index in [0.29, 0.717) is 5.56 Å². The normalized spacial score (nSPS) is 27.4. The number of amides is 1. The van der Waals surface area contributed by atoms with Crippen molar-refractivity contribution in [1.29, 1.82) is 0 Å². The maximum absolute atomic E-state index is 13.5. The van der Waals surface area contributed by atoms with Gasteiger partial charge in [-0.2, -0.15) is 0 Å². The molecule has 0 heterocycles. The molecule has 3 aliphatic rings. The third-order valence-electron chi connectivity index (χ3n) is 7.06. The van der Waals surface area contributed by atoms with E-state index >= 15 is 0 Å². The first-order valence-electron chi connectivity index (χ1n) is 10.5. The maximum Gasteiger partial charge on any atom is 0.255 e. The Morgan fingerprint density at radius 3 is 2.20 bits per heavy atom. The molecule has 0 unspecified atom stereocenters. The van der Waals surface area contributed by atoms with Crippen LogP contribution in [0, 0.1) is 11.8 Å². The third kappa shape index (κ3) is 3.57. The highest BCUT2D eigenvalue weighted by Gasteiger charge is 2.63. The van der Waals surface area contributed by atoms with Crippen LogP contribution in [0.2, 0.25) is 0 Å². The highest BCUT2D eigenvalue weighted by Crippen LogP contribution is 2.52. The summed E-state index contributed by atoms with van der Waals surface area (Å²) < 4.78 is 0. The van der Waals surface area contributed by atoms with E-state index in [-0.39, 0.29) is 40.7 Å². The van der Waals surface area contributed by atoms with Crippen LogP contribution in [0.5, 0.6) is 5.75 Å². The number of benzene rings is 1. The number of aromatic hydroxyl groups is 1. The SMILES string of the molecule is CN(C)c1ccc(O)c2c1C[C@H]1C[C@H]3[C@H](N(C)C)C(O)=C(C(N)=O)C(=O)[C@@]3(O)C(O)=C1C2=O.O.O. The molecule has 0 saturated heterocycles. The molecule has 0 saturated carbocycles. The quantitative estimate of drug-likeness (QED) is 0.309. The van der Waals surface area contributed by atoms with Crippen LogP contribution in [0.25, 0.3) is 0 Å². The van der Waals surface area contributed by atoms with Crippen molar-refractivity contribution in [3.05, 3.63) is 45.9 Å². The number of phenolic OH excluding ortho intramolecular Hbond substituents is 1. The number of hydrogen-bond donors (Lipinski definition) is 5. The molecule has 0 aliphatic heterocycles. The number of rotatable bonds is 3. The molecule has 3 aliphatic carbocycles. The number of fused-ring (bicyclic) bond motifs is 3. The average molecular weight is 494 g/mol. The molecule has 192 valence electrons. The minimum atomic E-state index is -2.63. The van der Waals surface area contributed by atoms with E-state index in [1.807, 2.05) is 0 Å². The molecule has 10 N–H and O–H groups in total. The number of carbonyl (C=O) groups excluding carboxylic acids is 3. The monoisotopic (exact) mass is 493 g/mol. The molecule has 1 amide bonds. The molecule has 1 aromatic rings. The summed E-state index contributed by atoms with van der Waals surface area (Å²) in [5.41, 5.74) is 3.02. The van der Waals surface area contributed by atoms with Gasteiger partial charge in [-0.05, 0) is 50.6 Å². The molecule has 0 bridgehead atoms. The predicted octanol–water partition coefficient (Wildman–Crippen LogP) is -1.46. The second-order valence-electron chi connectivity index (χ2n) is 9.31. The van der Waals surface area contributed by atoms with Gasteiger partial charge in [0.1, 0.15) is 22.8 Å². The van der Waals surface area contributed by atoms with Crippen LogP contribution in [0.1, 0.15) is 22.3 Å². The van der Waals surface area contributed by atoms with Crippen molar-refractivity contribution < 1.29 is 45.8 Å². The van der Waals surface area contributed by atoms with Crippen LogP contribution in [0.3, 0.4) is 0 Å². The van der Waals surface area contributed by atoms with Crippen LogP contribution >= 0.6 is 0 Å². The molecular weight excluding hydrogens is 462 g/mol. The lowest BCUT2D eigenvalue weighted by Gasteiger charge is -2.50. The zero-order valence-electron chi connectivity index (χ0n) is 19.8. The highest BCUT2D eigenvalue weighted by atomic mass is 16.3. The molecule has 0 radical (unpaired) electrons. The van der Waals surface area contributed by atoms with Gasteiger partial charge in [0.15, 0.2) is 11.4 Å². The summed E-state index contributed by atoms with van der Waals surface area (Å²) >= 11 is 0. The van der Waals surface area contributed by atoms with E-state index in [0.717, 1.165) is 5.69 Å². The van der Waals surface area contributed by atoms with Crippen molar-refractivity contribution in [3.8, 4) is 5.75 Å². The number of carbonyl (C=O) groups is 3. The van der Waals surface area contributed by atoms with Crippen molar-refractivity contribution >= 4 is 23.2 Å². The summed E-state index contributed by atoms with van der Waals surface area (Å²) in [6, 6.07) is 2.06. The molecule has 1 aromatic carbocycles. The van der Waals surface area contributed by atoms with Crippen LogP contribution < -0.4 is 10.6 Å². The number of ketones is 2. The Labute approximate surface area is 201 Å². The fourth-order valence-electron chi connectivity index (χ4n) is 5.65. The fourth-order valence-corrected chi connectivity index (χ4v) is 5.65. The number of hydrogen-bond acceptors (Lipinski definition) is 9. The summed E-state index contributed by atoms with van der Waals surface area (Å²) in [6.07, 6.45) is 0.324. The Kier molecular flexibility index (Phi) is 7.12. The molecule has 0 fully saturated rings. The van der Waals surface area contributed by atoms with Crippen molar-refractivity contribution in [2.75, 3.05) is 33.1 Å². The smallest absolute Gasteiger partial charge is 0.255 e. The van der Waals surface area contributed by atoms with Gasteiger partial charge < -0.3 is 42.0 Å². The number of Topliss-reactive ketones (excluding diaryl/α,β-unsaturated/α-hetero) is 2. The van der Waals surface area contributed by atoms with Crippen LogP contribution in [-0.2, 0) is 16.0 Å². The van der Waals surface area contributed by atoms with Crippen LogP contribution in [0.4, 0.5) is 5.69 Å². The number of nitrogens with two attached hydrogens (primary N) is 1. The topological polar surface area (TPSA) is 228 Å². The first-order valence-corrected chi connectivity index (χ1v) is 10.5. The van der Waals surface area contributed by atoms with Gasteiger partial charge in [-0.15, -0.1) is 0 Å². The summed E-state index contributed by atoms with van der Waals surface area (Å²) in [5.74, 6) is -6.53. The van der Waals surface area contributed by atoms with Gasteiger partial charge in [-0.3, -0.25) is 19.3 Å². The Bertz CT molecular complexity index is 1170. The summed E-state index contributed by atoms with van der Waals surface area (Å²) in [4.78, 5) is 42.0. The number of nitrogens with zero attached hydrogens (tertiary/aromatic N) is 2. The van der Waals surface area contributed by atoms with E-state index in [9.17, 15) is 34.8 Å². The minimum absolute atomic E-state index is 0. The van der Waals surface area contributed by atoms with Gasteiger partial charge >= 0.3 is 0 Å². The largest absolute Gasteiger partial charge is 0.510 e. The van der Waals surface area contributed by atoms with Crippen molar-refractivity contribution in [1.82, 2.24) is 4.90 Å². The Morgan fingerprint density at radius 1 is 1.09 bits per heavy atom. The highest BCUT2D eigenvalue weighted by molar-refractivity contribution is 6.24. The fraction of sp³-hybridized carbons (Fsp3) is 0.435. The van der Waals surface area contributed by atoms with Gasteiger partial charge in [0.2, 0.25) is 5.78 Å². The van der Waals surface area contributed by atoms with E-state index < -0.39 is 58.0 Å². The molecule has 4 rings (SSSR count). The maximum atomic E-state index is 13.5. The number of allylic oxidation sites excluding steroid dienone is 1. The van der Waals surface area contributed by atoms with Crippen molar-refractivity contribution in [2.24, 2.45) is 17.6 Å². The van der Waals surface area contributed by atoms with Gasteiger partial charge in [0, 0.05) is 31.3 Å². The number of anilines is 1. The number of aliphatic hydroxyl groups excluding tert-OH is 2. The standard InChI is InChI=1S/C23H27N3O7.2H2O/c1-25(2)12-5-6-13(27)15-10(12)7-9-8-11-17(26(3)4)19(29)16(22(24)32)21(31)23(11,33)20(30)14(9)18(15)28;;/h5-6,9,11,17,27,29-30,33H,7-8H2,1-4H3,(H2,24,32);2*1H2/t9-,11-,17-,23-;;/m0../s1. The molecule has 12 nitrogen and oxygen atoms in total. The van der Waals surface area contributed by atoms with Crippen molar-refractivity contribution in [2.45, 2.75) is 24.5 Å². The van der Waals surface area contributed by atoms with Crippen molar-refractivity contribution in [3.63, 3.8) is 0 Å². The predicted molar refractivity (Wildman–Crippen MR) is 125 cm³/mol. The van der Waals surface area contributed by atoms with E-state index in [2.05, 4.69) is 0 Å². The van der Waals surface area contributed by atoms with Gasteiger partial charge in [-0.25, -0.2) is 0 Å². The summed E-state index contributed by atoms with van der Waals surface area (Å²) in [5, 5.41) is 43.9. The molecular formula is C23H31N3O9. The lowest BCUT2D eigenvalue weighted by Crippen LogP contribution is -2.63. The zero-order valence-corrected chi connectivity index (χ0v) is 19.8.